The average molecular weight is 614 g/mol. The molecule has 0 aromatic carbocycles. The Morgan fingerprint density at radius 3 is 2.20 bits per heavy atom. The number of aliphatic hydroxyl groups is 1. The van der Waals surface area contributed by atoms with E-state index in [4.69, 9.17) is 9.47 Å². The zero-order valence-corrected chi connectivity index (χ0v) is 28.7. The number of methoxy groups -OCH3 is 2. The Morgan fingerprint density at radius 2 is 1.57 bits per heavy atom. The molecular weight excluding hydrogens is 554 g/mol. The van der Waals surface area contributed by atoms with Crippen LogP contribution in [0.25, 0.3) is 0 Å². The maximum atomic E-state index is 14.5. The molecule has 5 rings (SSSR count). The highest BCUT2D eigenvalue weighted by atomic mass is 16.5. The second-order valence-corrected chi connectivity index (χ2v) is 16.9. The zero-order chi connectivity index (χ0) is 32.5. The van der Waals surface area contributed by atoms with Crippen molar-refractivity contribution in [2.24, 2.45) is 56.7 Å². The fraction of sp³-hybridized carbons (Fsp3) is 0.865. The number of hydrogen-bond acceptors (Lipinski definition) is 6. The van der Waals surface area contributed by atoms with E-state index in [0.717, 1.165) is 63.4 Å². The number of aliphatic hydroxyl groups excluding tert-OH is 1. The zero-order valence-electron chi connectivity index (χ0n) is 28.7. The summed E-state index contributed by atoms with van der Waals surface area (Å²) in [6.07, 6.45) is 10.1. The Bertz CT molecular complexity index is 1180. The summed E-state index contributed by atoms with van der Waals surface area (Å²) in [7, 11) is 2.65. The third-order valence-electron chi connectivity index (χ3n) is 15.2. The first-order valence-electron chi connectivity index (χ1n) is 17.3. The van der Waals surface area contributed by atoms with E-state index in [0.29, 0.717) is 17.8 Å². The molecule has 0 saturated heterocycles. The molecule has 44 heavy (non-hydrogen) atoms. The first kappa shape index (κ1) is 33.5. The van der Waals surface area contributed by atoms with Crippen molar-refractivity contribution in [1.29, 1.82) is 0 Å². The number of carbonyl (C=O) groups is 3. The van der Waals surface area contributed by atoms with Crippen LogP contribution >= 0.6 is 0 Å². The van der Waals surface area contributed by atoms with E-state index in [9.17, 15) is 19.5 Å². The second kappa shape index (κ2) is 11.4. The van der Waals surface area contributed by atoms with Crippen LogP contribution in [0, 0.1) is 56.7 Å². The summed E-state index contributed by atoms with van der Waals surface area (Å²) in [5.74, 6) is 0.948. The van der Waals surface area contributed by atoms with Gasteiger partial charge in [-0.3, -0.25) is 9.59 Å². The van der Waals surface area contributed by atoms with Crippen LogP contribution < -0.4 is 5.32 Å². The molecule has 0 aliphatic heterocycles. The van der Waals surface area contributed by atoms with Crippen molar-refractivity contribution in [2.75, 3.05) is 14.2 Å². The Morgan fingerprint density at radius 1 is 0.864 bits per heavy atom. The fourth-order valence-corrected chi connectivity index (χ4v) is 12.6. The Kier molecular flexibility index (Phi) is 8.69. The van der Waals surface area contributed by atoms with Crippen molar-refractivity contribution in [3.63, 3.8) is 0 Å². The van der Waals surface area contributed by atoms with Crippen molar-refractivity contribution in [2.45, 2.75) is 131 Å². The van der Waals surface area contributed by atoms with E-state index in [1.54, 1.807) is 0 Å². The molecule has 2 N–H and O–H groups in total. The molecule has 0 aromatic rings. The molecule has 11 atom stereocenters. The number of esters is 2. The van der Waals surface area contributed by atoms with Crippen LogP contribution in [-0.2, 0) is 23.9 Å². The topological polar surface area (TPSA) is 102 Å². The molecule has 5 fully saturated rings. The summed E-state index contributed by atoms with van der Waals surface area (Å²) in [6, 6.07) is -0.882. The van der Waals surface area contributed by atoms with Gasteiger partial charge in [0.15, 0.2) is 0 Å². The number of ether oxygens (including phenoxy) is 2. The fourth-order valence-electron chi connectivity index (χ4n) is 12.6. The summed E-state index contributed by atoms with van der Waals surface area (Å²) in [4.78, 5) is 39.2. The summed E-state index contributed by atoms with van der Waals surface area (Å²) in [5, 5.41) is 14.1. The van der Waals surface area contributed by atoms with Gasteiger partial charge in [0.2, 0.25) is 5.91 Å². The highest BCUT2D eigenvalue weighted by molar-refractivity contribution is 5.89. The Balaban J connectivity index is 1.48. The lowest BCUT2D eigenvalue weighted by molar-refractivity contribution is -0.246. The molecule has 0 heterocycles. The van der Waals surface area contributed by atoms with Gasteiger partial charge < -0.3 is 19.9 Å². The number of hydrogen-bond donors (Lipinski definition) is 2. The SMILES string of the molecule is C=C(C)[C@@H]1CC[C@]2(C(=O)N[C@@H](CCC(=O)OC)C(=O)OC)CC[C@]3(C)[C@H](CC[C@@H]4[C@@]5(C)CC[C@H](O)C(C)(C)[C@@H]5CC[C@]43C)[C@@H]12. The lowest BCUT2D eigenvalue weighted by Gasteiger charge is -2.72. The van der Waals surface area contributed by atoms with E-state index in [1.807, 2.05) is 0 Å². The largest absolute Gasteiger partial charge is 0.469 e. The molecule has 0 spiro atoms. The molecule has 5 aliphatic carbocycles. The molecule has 5 aliphatic rings. The van der Waals surface area contributed by atoms with E-state index in [-0.39, 0.29) is 58.3 Å². The van der Waals surface area contributed by atoms with Gasteiger partial charge in [0.05, 0.1) is 25.7 Å². The maximum Gasteiger partial charge on any atom is 0.328 e. The van der Waals surface area contributed by atoms with Crippen molar-refractivity contribution in [1.82, 2.24) is 5.32 Å². The van der Waals surface area contributed by atoms with Gasteiger partial charge in [-0.15, -0.1) is 0 Å². The van der Waals surface area contributed by atoms with Gasteiger partial charge in [-0.1, -0.05) is 46.8 Å². The number of carbonyl (C=O) groups excluding carboxylic acids is 3. The van der Waals surface area contributed by atoms with Crippen LogP contribution in [0.15, 0.2) is 12.2 Å². The molecule has 0 aromatic heterocycles. The third kappa shape index (κ3) is 4.71. The number of amides is 1. The summed E-state index contributed by atoms with van der Waals surface area (Å²) >= 11 is 0. The second-order valence-electron chi connectivity index (χ2n) is 16.9. The minimum atomic E-state index is -0.882. The molecule has 7 nitrogen and oxygen atoms in total. The number of rotatable bonds is 7. The van der Waals surface area contributed by atoms with E-state index in [1.165, 1.54) is 20.6 Å². The third-order valence-corrected chi connectivity index (χ3v) is 15.2. The Labute approximate surface area is 265 Å². The van der Waals surface area contributed by atoms with Gasteiger partial charge in [0.25, 0.3) is 0 Å². The summed E-state index contributed by atoms with van der Waals surface area (Å²) in [6.45, 7) is 18.9. The van der Waals surface area contributed by atoms with Gasteiger partial charge in [-0.25, -0.2) is 4.79 Å². The van der Waals surface area contributed by atoms with Crippen LogP contribution in [0.1, 0.15) is 119 Å². The first-order valence-corrected chi connectivity index (χ1v) is 17.3. The molecule has 0 radical (unpaired) electrons. The number of fused-ring (bicyclic) bond motifs is 7. The molecule has 248 valence electrons. The standard InChI is InChI=1S/C37H59NO6/c1-22(2)23-14-19-37(32(42)38-25(31(41)44-9)11-13-29(40)43-8)21-20-35(6)24(30(23)37)10-12-27-34(5)17-16-28(39)33(3,4)26(34)15-18-36(27,35)7/h23-28,30,39H,1,10-21H2,2-9H3,(H,38,42)/t23-,24+,25-,26-,27+,28-,30+,34-,35+,36+,37-/m0/s1. The maximum absolute atomic E-state index is 14.5. The van der Waals surface area contributed by atoms with Gasteiger partial charge in [0.1, 0.15) is 6.04 Å². The van der Waals surface area contributed by atoms with E-state index < -0.39 is 23.4 Å². The Hall–Kier alpha value is -1.89. The number of nitrogens with one attached hydrogen (secondary N) is 1. The molecule has 7 heteroatoms. The highest BCUT2D eigenvalue weighted by Crippen LogP contribution is 2.77. The van der Waals surface area contributed by atoms with Gasteiger partial charge >= 0.3 is 11.9 Å². The molecule has 5 saturated carbocycles. The van der Waals surface area contributed by atoms with Crippen molar-refractivity contribution < 1.29 is 29.0 Å². The molecule has 1 amide bonds. The van der Waals surface area contributed by atoms with Crippen molar-refractivity contribution >= 4 is 17.8 Å². The van der Waals surface area contributed by atoms with Gasteiger partial charge in [-0.05, 0) is 129 Å². The van der Waals surface area contributed by atoms with Crippen LogP contribution in [0.5, 0.6) is 0 Å². The minimum Gasteiger partial charge on any atom is -0.469 e. The van der Waals surface area contributed by atoms with Crippen LogP contribution in [0.4, 0.5) is 0 Å². The van der Waals surface area contributed by atoms with Gasteiger partial charge in [-0.2, -0.15) is 0 Å². The average Bonchev–Trinajstić information content (AvgIpc) is 3.38. The van der Waals surface area contributed by atoms with Crippen LogP contribution in [-0.4, -0.2) is 49.3 Å². The lowest BCUT2D eigenvalue weighted by Crippen LogP contribution is -2.67. The van der Waals surface area contributed by atoms with Crippen LogP contribution in [0.2, 0.25) is 0 Å². The monoisotopic (exact) mass is 613 g/mol. The number of allylic oxidation sites excluding steroid dienone is 1. The molecular formula is C37H59NO6. The first-order chi connectivity index (χ1) is 20.5. The summed E-state index contributed by atoms with van der Waals surface area (Å²) < 4.78 is 9.85. The highest BCUT2D eigenvalue weighted by Gasteiger charge is 2.72. The predicted molar refractivity (Wildman–Crippen MR) is 170 cm³/mol. The van der Waals surface area contributed by atoms with Crippen molar-refractivity contribution in [3.8, 4) is 0 Å². The molecule has 0 bridgehead atoms. The molecule has 0 unspecified atom stereocenters. The van der Waals surface area contributed by atoms with Crippen molar-refractivity contribution in [3.05, 3.63) is 12.2 Å². The van der Waals surface area contributed by atoms with Gasteiger partial charge in [0, 0.05) is 6.42 Å². The van der Waals surface area contributed by atoms with E-state index >= 15 is 0 Å². The predicted octanol–water partition coefficient (Wildman–Crippen LogP) is 6.62. The smallest absolute Gasteiger partial charge is 0.328 e. The normalized spacial score (nSPS) is 44.6. The van der Waals surface area contributed by atoms with E-state index in [2.05, 4.69) is 53.4 Å². The van der Waals surface area contributed by atoms with Crippen LogP contribution in [0.3, 0.4) is 0 Å². The lowest BCUT2D eigenvalue weighted by atomic mass is 9.32. The quantitative estimate of drug-likeness (QED) is 0.247. The minimum absolute atomic E-state index is 0.0371. The summed E-state index contributed by atoms with van der Waals surface area (Å²) in [5.41, 5.74) is 0.962.